The van der Waals surface area contributed by atoms with Crippen LogP contribution < -0.4 is 4.74 Å². The van der Waals surface area contributed by atoms with Crippen molar-refractivity contribution in [2.24, 2.45) is 0 Å². The number of methoxy groups -OCH3 is 1. The van der Waals surface area contributed by atoms with Gasteiger partial charge in [0.05, 0.1) is 17.7 Å². The van der Waals surface area contributed by atoms with Crippen LogP contribution >= 0.6 is 11.8 Å². The molecule has 0 N–H and O–H groups in total. The minimum Gasteiger partial charge on any atom is -0.495 e. The summed E-state index contributed by atoms with van der Waals surface area (Å²) in [6.45, 7) is 5.15. The van der Waals surface area contributed by atoms with Crippen LogP contribution in [0.25, 0.3) is 11.8 Å². The molecule has 0 spiro atoms. The van der Waals surface area contributed by atoms with Crippen molar-refractivity contribution in [1.29, 1.82) is 0 Å². The summed E-state index contributed by atoms with van der Waals surface area (Å²) in [5, 5.41) is -0.398. The number of aryl methyl sites for hydroxylation is 1. The molecule has 0 radical (unpaired) electrons. The second-order valence-electron chi connectivity index (χ2n) is 8.04. The van der Waals surface area contributed by atoms with Crippen LogP contribution in [-0.4, -0.2) is 58.2 Å². The van der Waals surface area contributed by atoms with Gasteiger partial charge in [0.25, 0.3) is 11.1 Å². The SMILES string of the molecule is COc1ccccc1-n1c(C)cc(/C=C2\SC(=O)N(CC(=O)N3CCCCC3)C2=O)c1C. The average Bonchev–Trinajstić information content (AvgIpc) is 3.23. The molecule has 2 fully saturated rings. The summed E-state index contributed by atoms with van der Waals surface area (Å²) < 4.78 is 7.57. The summed E-state index contributed by atoms with van der Waals surface area (Å²) in [6.07, 6.45) is 4.79. The second-order valence-corrected chi connectivity index (χ2v) is 9.04. The van der Waals surface area contributed by atoms with E-state index in [1.807, 2.05) is 44.2 Å². The highest BCUT2D eigenvalue weighted by molar-refractivity contribution is 8.18. The normalized spacial score (nSPS) is 18.0. The molecule has 0 bridgehead atoms. The molecule has 2 aliphatic rings. The molecule has 2 saturated heterocycles. The van der Waals surface area contributed by atoms with E-state index in [2.05, 4.69) is 4.57 Å². The summed E-state index contributed by atoms with van der Waals surface area (Å²) in [6, 6.07) is 9.72. The van der Waals surface area contributed by atoms with Crippen LogP contribution in [-0.2, 0) is 9.59 Å². The molecule has 3 amide bonds. The Labute approximate surface area is 192 Å². The third kappa shape index (κ3) is 4.19. The molecule has 2 aliphatic heterocycles. The van der Waals surface area contributed by atoms with E-state index in [0.29, 0.717) is 18.0 Å². The zero-order chi connectivity index (χ0) is 22.8. The number of para-hydroxylation sites is 2. The summed E-state index contributed by atoms with van der Waals surface area (Å²) in [5.41, 5.74) is 3.67. The fraction of sp³-hybridized carbons (Fsp3) is 0.375. The van der Waals surface area contributed by atoms with E-state index in [1.165, 1.54) is 0 Å². The molecule has 3 heterocycles. The van der Waals surface area contributed by atoms with Gasteiger partial charge in [0.2, 0.25) is 5.91 Å². The molecule has 2 aromatic rings. The van der Waals surface area contributed by atoms with Gasteiger partial charge in [0.15, 0.2) is 0 Å². The van der Waals surface area contributed by atoms with E-state index < -0.39 is 11.1 Å². The number of hydrogen-bond acceptors (Lipinski definition) is 5. The highest BCUT2D eigenvalue weighted by Crippen LogP contribution is 2.34. The van der Waals surface area contributed by atoms with Crippen molar-refractivity contribution in [3.05, 3.63) is 52.2 Å². The Morgan fingerprint density at radius 3 is 2.56 bits per heavy atom. The topological polar surface area (TPSA) is 71.8 Å². The average molecular weight is 454 g/mol. The number of piperidine rings is 1. The minimum atomic E-state index is -0.410. The maximum absolute atomic E-state index is 12.9. The number of thioether (sulfide) groups is 1. The standard InChI is InChI=1S/C24H27N3O4S/c1-16-13-18(17(2)27(16)19-9-5-6-10-20(19)31-3)14-21-23(29)26(24(30)32-21)15-22(28)25-11-7-4-8-12-25/h5-6,9-10,13-14H,4,7-8,11-12,15H2,1-3H3/b21-14-. The van der Waals surface area contributed by atoms with Crippen molar-refractivity contribution in [2.75, 3.05) is 26.7 Å². The summed E-state index contributed by atoms with van der Waals surface area (Å²) in [7, 11) is 1.63. The van der Waals surface area contributed by atoms with Gasteiger partial charge in [-0.15, -0.1) is 0 Å². The Kier molecular flexibility index (Phi) is 6.41. The lowest BCUT2D eigenvalue weighted by atomic mass is 10.1. The lowest BCUT2D eigenvalue weighted by Crippen LogP contribution is -2.44. The number of carbonyl (C=O) groups is 3. The van der Waals surface area contributed by atoms with Crippen molar-refractivity contribution in [3.63, 3.8) is 0 Å². The Balaban J connectivity index is 1.57. The number of ether oxygens (including phenoxy) is 1. The van der Waals surface area contributed by atoms with Crippen molar-refractivity contribution in [1.82, 2.24) is 14.4 Å². The van der Waals surface area contributed by atoms with Gasteiger partial charge in [-0.2, -0.15) is 0 Å². The first-order valence-corrected chi connectivity index (χ1v) is 11.6. The Morgan fingerprint density at radius 1 is 1.12 bits per heavy atom. The summed E-state index contributed by atoms with van der Waals surface area (Å²) in [4.78, 5) is 41.1. The van der Waals surface area contributed by atoms with Gasteiger partial charge < -0.3 is 14.2 Å². The lowest BCUT2D eigenvalue weighted by Gasteiger charge is -2.27. The molecule has 0 unspecified atom stereocenters. The summed E-state index contributed by atoms with van der Waals surface area (Å²) in [5.74, 6) is 0.174. The van der Waals surface area contributed by atoms with Crippen molar-refractivity contribution < 1.29 is 19.1 Å². The quantitative estimate of drug-likeness (QED) is 0.636. The molecule has 0 saturated carbocycles. The highest BCUT2D eigenvalue weighted by Gasteiger charge is 2.37. The number of benzene rings is 1. The molecule has 0 atom stereocenters. The van der Waals surface area contributed by atoms with Crippen LogP contribution in [0.3, 0.4) is 0 Å². The van der Waals surface area contributed by atoms with E-state index in [9.17, 15) is 14.4 Å². The van der Waals surface area contributed by atoms with E-state index >= 15 is 0 Å². The number of rotatable bonds is 5. The second kappa shape index (κ2) is 9.24. The largest absolute Gasteiger partial charge is 0.495 e. The van der Waals surface area contributed by atoms with E-state index in [0.717, 1.165) is 64.3 Å². The minimum absolute atomic E-state index is 0.164. The van der Waals surface area contributed by atoms with Crippen molar-refractivity contribution >= 4 is 34.9 Å². The molecule has 1 aromatic carbocycles. The van der Waals surface area contributed by atoms with Gasteiger partial charge >= 0.3 is 0 Å². The van der Waals surface area contributed by atoms with E-state index in [4.69, 9.17) is 4.74 Å². The van der Waals surface area contributed by atoms with E-state index in [1.54, 1.807) is 18.1 Å². The van der Waals surface area contributed by atoms with Gasteiger partial charge in [-0.1, -0.05) is 12.1 Å². The first-order chi connectivity index (χ1) is 15.4. The van der Waals surface area contributed by atoms with Gasteiger partial charge in [-0.3, -0.25) is 19.3 Å². The number of amides is 3. The zero-order valence-corrected chi connectivity index (χ0v) is 19.4. The van der Waals surface area contributed by atoms with Crippen LogP contribution in [0.2, 0.25) is 0 Å². The predicted octanol–water partition coefficient (Wildman–Crippen LogP) is 4.15. The molecule has 4 rings (SSSR count). The Morgan fingerprint density at radius 2 is 1.84 bits per heavy atom. The Hall–Kier alpha value is -3.00. The van der Waals surface area contributed by atoms with Gasteiger partial charge in [-0.25, -0.2) is 0 Å². The molecule has 168 valence electrons. The van der Waals surface area contributed by atoms with Crippen LogP contribution in [0.15, 0.2) is 35.2 Å². The molecule has 7 nitrogen and oxygen atoms in total. The first kappa shape index (κ1) is 22.2. The van der Waals surface area contributed by atoms with Crippen LogP contribution in [0.1, 0.15) is 36.2 Å². The number of aromatic nitrogens is 1. The number of nitrogens with zero attached hydrogens (tertiary/aromatic N) is 3. The zero-order valence-electron chi connectivity index (χ0n) is 18.6. The number of carbonyl (C=O) groups excluding carboxylic acids is 3. The number of imide groups is 1. The Bertz CT molecular complexity index is 1100. The summed E-state index contributed by atoms with van der Waals surface area (Å²) >= 11 is 0.886. The monoisotopic (exact) mass is 453 g/mol. The van der Waals surface area contributed by atoms with Crippen LogP contribution in [0, 0.1) is 13.8 Å². The van der Waals surface area contributed by atoms with Crippen LogP contribution in [0.4, 0.5) is 4.79 Å². The molecule has 0 aliphatic carbocycles. The molecular formula is C24H27N3O4S. The van der Waals surface area contributed by atoms with Crippen LogP contribution in [0.5, 0.6) is 5.75 Å². The highest BCUT2D eigenvalue weighted by atomic mass is 32.2. The fourth-order valence-corrected chi connectivity index (χ4v) is 5.10. The number of likely N-dealkylation sites (tertiary alicyclic amines) is 1. The van der Waals surface area contributed by atoms with Gasteiger partial charge in [-0.05, 0) is 74.7 Å². The molecule has 1 aromatic heterocycles. The van der Waals surface area contributed by atoms with Gasteiger partial charge in [0.1, 0.15) is 12.3 Å². The third-order valence-electron chi connectivity index (χ3n) is 5.96. The van der Waals surface area contributed by atoms with E-state index in [-0.39, 0.29) is 12.5 Å². The third-order valence-corrected chi connectivity index (χ3v) is 6.87. The molecular weight excluding hydrogens is 426 g/mol. The van der Waals surface area contributed by atoms with Gasteiger partial charge in [0, 0.05) is 24.5 Å². The predicted molar refractivity (Wildman–Crippen MR) is 125 cm³/mol. The fourth-order valence-electron chi connectivity index (χ4n) is 4.28. The lowest BCUT2D eigenvalue weighted by molar-refractivity contribution is -0.136. The number of hydrogen-bond donors (Lipinski definition) is 0. The van der Waals surface area contributed by atoms with Crippen molar-refractivity contribution in [2.45, 2.75) is 33.1 Å². The molecule has 8 heteroatoms. The molecule has 32 heavy (non-hydrogen) atoms. The maximum atomic E-state index is 12.9. The maximum Gasteiger partial charge on any atom is 0.294 e. The first-order valence-electron chi connectivity index (χ1n) is 10.8. The van der Waals surface area contributed by atoms with Crippen molar-refractivity contribution in [3.8, 4) is 11.4 Å². The smallest absolute Gasteiger partial charge is 0.294 e.